The molecule has 1 aromatic carbocycles. The van der Waals surface area contributed by atoms with Crippen LogP contribution in [0.2, 0.25) is 0 Å². The molecule has 0 spiro atoms. The van der Waals surface area contributed by atoms with Gasteiger partial charge in [-0.25, -0.2) is 0 Å². The first kappa shape index (κ1) is 10.6. The molecule has 1 aromatic rings. The summed E-state index contributed by atoms with van der Waals surface area (Å²) in [5, 5.41) is 8.72. The maximum atomic E-state index is 8.72. The molecule has 78 valence electrons. The molecular formula is C13H15NS. The first-order valence-corrected chi connectivity index (χ1v) is 6.29. The summed E-state index contributed by atoms with van der Waals surface area (Å²) in [7, 11) is 0. The second-order valence-corrected chi connectivity index (χ2v) is 5.49. The number of rotatable bonds is 4. The standard InChI is InChI=1S/C13H15NS/c1-11-3-2-4-12(9-11)15-10-13(5-6-13)7-8-14/h2-4,9H,5-7,10H2,1H3. The molecular weight excluding hydrogens is 202 g/mol. The van der Waals surface area contributed by atoms with Gasteiger partial charge in [0.15, 0.2) is 0 Å². The van der Waals surface area contributed by atoms with Crippen LogP contribution in [0.5, 0.6) is 0 Å². The van der Waals surface area contributed by atoms with Crippen LogP contribution in [0, 0.1) is 23.7 Å². The SMILES string of the molecule is Cc1cccc(SCC2(CC#N)CC2)c1. The first-order chi connectivity index (χ1) is 7.24. The maximum absolute atomic E-state index is 8.72. The lowest BCUT2D eigenvalue weighted by atomic mass is 10.1. The lowest BCUT2D eigenvalue weighted by Crippen LogP contribution is -2.02. The molecule has 1 aliphatic rings. The Bertz CT molecular complexity index is 388. The third-order valence-corrected chi connectivity index (χ3v) is 4.29. The Balaban J connectivity index is 1.91. The molecule has 1 nitrogen and oxygen atoms in total. The van der Waals surface area contributed by atoms with Crippen molar-refractivity contribution in [3.63, 3.8) is 0 Å². The fourth-order valence-corrected chi connectivity index (χ4v) is 2.97. The van der Waals surface area contributed by atoms with Crippen LogP contribution in [-0.4, -0.2) is 5.75 Å². The molecule has 0 atom stereocenters. The Morgan fingerprint density at radius 3 is 2.87 bits per heavy atom. The van der Waals surface area contributed by atoms with Gasteiger partial charge in [0.25, 0.3) is 0 Å². The zero-order valence-corrected chi connectivity index (χ0v) is 9.81. The third kappa shape index (κ3) is 2.76. The van der Waals surface area contributed by atoms with Crippen molar-refractivity contribution in [2.45, 2.75) is 31.1 Å². The highest BCUT2D eigenvalue weighted by Gasteiger charge is 2.42. The normalized spacial score (nSPS) is 17.1. The Hall–Kier alpha value is -0.940. The molecule has 0 bridgehead atoms. The van der Waals surface area contributed by atoms with Crippen molar-refractivity contribution in [1.29, 1.82) is 5.26 Å². The van der Waals surface area contributed by atoms with Crippen LogP contribution in [0.3, 0.4) is 0 Å². The Morgan fingerprint density at radius 1 is 1.47 bits per heavy atom. The highest BCUT2D eigenvalue weighted by molar-refractivity contribution is 7.99. The number of benzene rings is 1. The minimum atomic E-state index is 0.350. The highest BCUT2D eigenvalue weighted by atomic mass is 32.2. The second-order valence-electron chi connectivity index (χ2n) is 4.44. The molecule has 0 heterocycles. The molecule has 1 saturated carbocycles. The van der Waals surface area contributed by atoms with Crippen LogP contribution < -0.4 is 0 Å². The third-order valence-electron chi connectivity index (χ3n) is 2.95. The van der Waals surface area contributed by atoms with Gasteiger partial charge in [-0.05, 0) is 37.3 Å². The number of nitriles is 1. The molecule has 1 aliphatic carbocycles. The maximum Gasteiger partial charge on any atom is 0.0627 e. The molecule has 1 fully saturated rings. The summed E-state index contributed by atoms with van der Waals surface area (Å²) < 4.78 is 0. The highest BCUT2D eigenvalue weighted by Crippen LogP contribution is 2.51. The predicted octanol–water partition coefficient (Wildman–Crippen LogP) is 3.78. The lowest BCUT2D eigenvalue weighted by Gasteiger charge is -2.10. The van der Waals surface area contributed by atoms with E-state index >= 15 is 0 Å². The number of thioether (sulfide) groups is 1. The van der Waals surface area contributed by atoms with Crippen molar-refractivity contribution in [1.82, 2.24) is 0 Å². The summed E-state index contributed by atoms with van der Waals surface area (Å²) in [6, 6.07) is 10.9. The van der Waals surface area contributed by atoms with Gasteiger partial charge < -0.3 is 0 Å². The Labute approximate surface area is 95.5 Å². The quantitative estimate of drug-likeness (QED) is 0.717. The average Bonchev–Trinajstić information content (AvgIpc) is 2.97. The number of aryl methyl sites for hydroxylation is 1. The number of nitrogens with zero attached hydrogens (tertiary/aromatic N) is 1. The van der Waals surface area contributed by atoms with Gasteiger partial charge in [-0.2, -0.15) is 5.26 Å². The zero-order chi connectivity index (χ0) is 10.7. The van der Waals surface area contributed by atoms with E-state index in [1.54, 1.807) is 0 Å². The van der Waals surface area contributed by atoms with Crippen LogP contribution in [-0.2, 0) is 0 Å². The molecule has 0 N–H and O–H groups in total. The van der Waals surface area contributed by atoms with Gasteiger partial charge in [0, 0.05) is 17.1 Å². The zero-order valence-electron chi connectivity index (χ0n) is 8.99. The van der Waals surface area contributed by atoms with E-state index in [1.807, 2.05) is 11.8 Å². The minimum Gasteiger partial charge on any atom is -0.198 e. The van der Waals surface area contributed by atoms with E-state index in [-0.39, 0.29) is 0 Å². The van der Waals surface area contributed by atoms with Crippen molar-refractivity contribution >= 4 is 11.8 Å². The van der Waals surface area contributed by atoms with Gasteiger partial charge in [-0.3, -0.25) is 0 Å². The van der Waals surface area contributed by atoms with E-state index in [4.69, 9.17) is 5.26 Å². The Kier molecular flexibility index (Phi) is 3.02. The summed E-state index contributed by atoms with van der Waals surface area (Å²) in [6.07, 6.45) is 3.20. The molecule has 15 heavy (non-hydrogen) atoms. The van der Waals surface area contributed by atoms with Crippen molar-refractivity contribution in [3.8, 4) is 6.07 Å². The van der Waals surface area contributed by atoms with E-state index < -0.39 is 0 Å². The van der Waals surface area contributed by atoms with E-state index in [9.17, 15) is 0 Å². The van der Waals surface area contributed by atoms with Crippen molar-refractivity contribution in [2.75, 3.05) is 5.75 Å². The summed E-state index contributed by atoms with van der Waals surface area (Å²) in [5.74, 6) is 1.10. The topological polar surface area (TPSA) is 23.8 Å². The van der Waals surface area contributed by atoms with Crippen molar-refractivity contribution in [2.24, 2.45) is 5.41 Å². The smallest absolute Gasteiger partial charge is 0.0627 e. The van der Waals surface area contributed by atoms with E-state index in [0.717, 1.165) is 12.2 Å². The lowest BCUT2D eigenvalue weighted by molar-refractivity contribution is 0.604. The molecule has 0 saturated heterocycles. The molecule has 0 aromatic heterocycles. The van der Waals surface area contributed by atoms with Gasteiger partial charge in [0.2, 0.25) is 0 Å². The molecule has 2 heteroatoms. The van der Waals surface area contributed by atoms with Crippen molar-refractivity contribution < 1.29 is 0 Å². The van der Waals surface area contributed by atoms with Crippen LogP contribution in [0.15, 0.2) is 29.2 Å². The van der Waals surface area contributed by atoms with Crippen molar-refractivity contribution in [3.05, 3.63) is 29.8 Å². The van der Waals surface area contributed by atoms with Gasteiger partial charge in [-0.1, -0.05) is 17.7 Å². The van der Waals surface area contributed by atoms with Gasteiger partial charge in [0.1, 0.15) is 0 Å². The monoisotopic (exact) mass is 217 g/mol. The predicted molar refractivity (Wildman–Crippen MR) is 63.8 cm³/mol. The summed E-state index contributed by atoms with van der Waals surface area (Å²) in [4.78, 5) is 1.33. The minimum absolute atomic E-state index is 0.350. The van der Waals surface area contributed by atoms with Gasteiger partial charge in [0.05, 0.1) is 6.07 Å². The van der Waals surface area contributed by atoms with Crippen LogP contribution in [0.1, 0.15) is 24.8 Å². The average molecular weight is 217 g/mol. The fourth-order valence-electron chi connectivity index (χ4n) is 1.66. The molecule has 2 rings (SSSR count). The molecule has 0 amide bonds. The second kappa shape index (κ2) is 4.28. The summed E-state index contributed by atoms with van der Waals surface area (Å²) in [5.41, 5.74) is 1.66. The Morgan fingerprint density at radius 2 is 2.27 bits per heavy atom. The van der Waals surface area contributed by atoms with Crippen LogP contribution >= 0.6 is 11.8 Å². The van der Waals surface area contributed by atoms with Gasteiger partial charge >= 0.3 is 0 Å². The summed E-state index contributed by atoms with van der Waals surface area (Å²) in [6.45, 7) is 2.12. The van der Waals surface area contributed by atoms with Gasteiger partial charge in [-0.15, -0.1) is 11.8 Å². The molecule has 0 unspecified atom stereocenters. The van der Waals surface area contributed by atoms with Crippen LogP contribution in [0.25, 0.3) is 0 Å². The number of hydrogen-bond acceptors (Lipinski definition) is 2. The van der Waals surface area contributed by atoms with Crippen LogP contribution in [0.4, 0.5) is 0 Å². The largest absolute Gasteiger partial charge is 0.198 e. The molecule has 0 aliphatic heterocycles. The fraction of sp³-hybridized carbons (Fsp3) is 0.462. The summed E-state index contributed by atoms with van der Waals surface area (Å²) >= 11 is 1.89. The first-order valence-electron chi connectivity index (χ1n) is 5.31. The van der Waals surface area contributed by atoms with E-state index in [1.165, 1.54) is 23.3 Å². The molecule has 0 radical (unpaired) electrons. The number of hydrogen-bond donors (Lipinski definition) is 0. The van der Waals surface area contributed by atoms with E-state index in [0.29, 0.717) is 5.41 Å². The van der Waals surface area contributed by atoms with E-state index in [2.05, 4.69) is 37.3 Å².